The zero-order valence-electron chi connectivity index (χ0n) is 9.52. The molecule has 0 bridgehead atoms. The maximum atomic E-state index is 11.9. The molecule has 0 aromatic rings. The van der Waals surface area contributed by atoms with Crippen molar-refractivity contribution in [3.63, 3.8) is 0 Å². The molecule has 0 aromatic heterocycles. The van der Waals surface area contributed by atoms with Crippen LogP contribution in [0, 0.1) is 5.92 Å². The summed E-state index contributed by atoms with van der Waals surface area (Å²) < 4.78 is 0. The first-order chi connectivity index (χ1) is 6.54. The topological polar surface area (TPSA) is 41.1 Å². The zero-order valence-corrected chi connectivity index (χ0v) is 9.52. The minimum Gasteiger partial charge on any atom is -0.354 e. The van der Waals surface area contributed by atoms with Crippen LogP contribution in [0.3, 0.4) is 0 Å². The molecular weight excluding hydrogens is 176 g/mol. The normalized spacial score (nSPS) is 27.7. The lowest BCUT2D eigenvalue weighted by molar-refractivity contribution is -0.128. The zero-order chi connectivity index (χ0) is 10.6. The predicted molar refractivity (Wildman–Crippen MR) is 58.1 cm³/mol. The molecular formula is C11H22N2O. The maximum Gasteiger partial charge on any atom is 0.240 e. The Labute approximate surface area is 86.6 Å². The molecule has 1 unspecified atom stereocenters. The first-order valence-electron chi connectivity index (χ1n) is 5.58. The summed E-state index contributed by atoms with van der Waals surface area (Å²) in [7, 11) is 0. The van der Waals surface area contributed by atoms with Gasteiger partial charge in [-0.2, -0.15) is 0 Å². The van der Waals surface area contributed by atoms with E-state index in [-0.39, 0.29) is 11.4 Å². The van der Waals surface area contributed by atoms with Gasteiger partial charge in [0.1, 0.15) is 0 Å². The van der Waals surface area contributed by atoms with Crippen LogP contribution in [0.1, 0.15) is 40.0 Å². The molecule has 1 atom stereocenters. The SMILES string of the molecule is CC(C)CNC(=O)C1(C)CCCCN1. The summed E-state index contributed by atoms with van der Waals surface area (Å²) in [5, 5.41) is 6.30. The minimum absolute atomic E-state index is 0.158. The molecule has 14 heavy (non-hydrogen) atoms. The molecule has 1 aliphatic heterocycles. The van der Waals surface area contributed by atoms with Crippen LogP contribution < -0.4 is 10.6 Å². The van der Waals surface area contributed by atoms with Gasteiger partial charge < -0.3 is 10.6 Å². The summed E-state index contributed by atoms with van der Waals surface area (Å²) in [5.74, 6) is 0.678. The minimum atomic E-state index is -0.326. The number of hydrogen-bond donors (Lipinski definition) is 2. The quantitative estimate of drug-likeness (QED) is 0.717. The molecule has 0 radical (unpaired) electrons. The highest BCUT2D eigenvalue weighted by Crippen LogP contribution is 2.18. The largest absolute Gasteiger partial charge is 0.354 e. The third-order valence-corrected chi connectivity index (χ3v) is 2.79. The number of rotatable bonds is 3. The van der Waals surface area contributed by atoms with Gasteiger partial charge in [-0.15, -0.1) is 0 Å². The van der Waals surface area contributed by atoms with Gasteiger partial charge >= 0.3 is 0 Å². The van der Waals surface area contributed by atoms with Gasteiger partial charge in [-0.3, -0.25) is 4.79 Å². The van der Waals surface area contributed by atoms with E-state index in [1.807, 2.05) is 6.92 Å². The van der Waals surface area contributed by atoms with Gasteiger partial charge in [0.25, 0.3) is 0 Å². The van der Waals surface area contributed by atoms with Gasteiger partial charge in [-0.1, -0.05) is 13.8 Å². The van der Waals surface area contributed by atoms with Crippen molar-refractivity contribution in [1.29, 1.82) is 0 Å². The van der Waals surface area contributed by atoms with E-state index in [0.717, 1.165) is 25.9 Å². The van der Waals surface area contributed by atoms with Crippen LogP contribution in [-0.2, 0) is 4.79 Å². The van der Waals surface area contributed by atoms with E-state index in [0.29, 0.717) is 5.92 Å². The molecule has 1 saturated heterocycles. The molecule has 2 N–H and O–H groups in total. The summed E-state index contributed by atoms with van der Waals surface area (Å²) in [6, 6.07) is 0. The molecule has 1 heterocycles. The van der Waals surface area contributed by atoms with E-state index in [1.165, 1.54) is 6.42 Å². The Kier molecular flexibility index (Phi) is 3.93. The Bertz CT molecular complexity index is 195. The van der Waals surface area contributed by atoms with E-state index in [1.54, 1.807) is 0 Å². The second-order valence-electron chi connectivity index (χ2n) is 4.82. The highest BCUT2D eigenvalue weighted by Gasteiger charge is 2.33. The summed E-state index contributed by atoms with van der Waals surface area (Å²) >= 11 is 0. The van der Waals surface area contributed by atoms with Crippen LogP contribution in [-0.4, -0.2) is 24.5 Å². The Hall–Kier alpha value is -0.570. The van der Waals surface area contributed by atoms with Crippen molar-refractivity contribution < 1.29 is 4.79 Å². The highest BCUT2D eigenvalue weighted by atomic mass is 16.2. The molecule has 0 aromatic carbocycles. The third kappa shape index (κ3) is 2.98. The first-order valence-corrected chi connectivity index (χ1v) is 5.58. The summed E-state index contributed by atoms with van der Waals surface area (Å²) in [6.45, 7) is 7.96. The summed E-state index contributed by atoms with van der Waals surface area (Å²) in [6.07, 6.45) is 3.29. The fourth-order valence-corrected chi connectivity index (χ4v) is 1.74. The molecule has 0 spiro atoms. The number of amides is 1. The number of carbonyl (C=O) groups is 1. The molecule has 1 aliphatic rings. The molecule has 1 rings (SSSR count). The van der Waals surface area contributed by atoms with E-state index in [4.69, 9.17) is 0 Å². The summed E-state index contributed by atoms with van der Waals surface area (Å²) in [5.41, 5.74) is -0.326. The number of hydrogen-bond acceptors (Lipinski definition) is 2. The van der Waals surface area contributed by atoms with Crippen molar-refractivity contribution in [1.82, 2.24) is 10.6 Å². The van der Waals surface area contributed by atoms with Crippen molar-refractivity contribution >= 4 is 5.91 Å². The smallest absolute Gasteiger partial charge is 0.240 e. The lowest BCUT2D eigenvalue weighted by Crippen LogP contribution is -2.57. The third-order valence-electron chi connectivity index (χ3n) is 2.79. The average Bonchev–Trinajstić information content (AvgIpc) is 2.15. The van der Waals surface area contributed by atoms with Crippen molar-refractivity contribution in [2.24, 2.45) is 5.92 Å². The fourth-order valence-electron chi connectivity index (χ4n) is 1.74. The van der Waals surface area contributed by atoms with E-state index in [9.17, 15) is 4.79 Å². The average molecular weight is 198 g/mol. The highest BCUT2D eigenvalue weighted by molar-refractivity contribution is 5.85. The maximum absolute atomic E-state index is 11.9. The van der Waals surface area contributed by atoms with Crippen molar-refractivity contribution in [3.8, 4) is 0 Å². The summed E-state index contributed by atoms with van der Waals surface area (Å²) in [4.78, 5) is 11.9. The predicted octanol–water partition coefficient (Wildman–Crippen LogP) is 1.29. The van der Waals surface area contributed by atoms with Crippen LogP contribution in [0.25, 0.3) is 0 Å². The van der Waals surface area contributed by atoms with Gasteiger partial charge in [0.15, 0.2) is 0 Å². The van der Waals surface area contributed by atoms with Crippen LogP contribution in [0.5, 0.6) is 0 Å². The molecule has 82 valence electrons. The van der Waals surface area contributed by atoms with Crippen molar-refractivity contribution in [3.05, 3.63) is 0 Å². The van der Waals surface area contributed by atoms with E-state index >= 15 is 0 Å². The molecule has 0 aliphatic carbocycles. The second kappa shape index (κ2) is 4.78. The van der Waals surface area contributed by atoms with Gasteiger partial charge in [0.05, 0.1) is 5.54 Å². The first kappa shape index (κ1) is 11.5. The lowest BCUT2D eigenvalue weighted by atomic mass is 9.90. The van der Waals surface area contributed by atoms with E-state index < -0.39 is 0 Å². The second-order valence-corrected chi connectivity index (χ2v) is 4.82. The van der Waals surface area contributed by atoms with Gasteiger partial charge in [0.2, 0.25) is 5.91 Å². The van der Waals surface area contributed by atoms with Crippen LogP contribution in [0.15, 0.2) is 0 Å². The lowest BCUT2D eigenvalue weighted by Gasteiger charge is -2.33. The van der Waals surface area contributed by atoms with Crippen molar-refractivity contribution in [2.75, 3.05) is 13.1 Å². The van der Waals surface area contributed by atoms with Gasteiger partial charge in [-0.25, -0.2) is 0 Å². The standard InChI is InChI=1S/C11H22N2O/c1-9(2)8-12-10(14)11(3)6-4-5-7-13-11/h9,13H,4-8H2,1-3H3,(H,12,14). The molecule has 3 nitrogen and oxygen atoms in total. The number of carbonyl (C=O) groups excluding carboxylic acids is 1. The molecule has 1 fully saturated rings. The van der Waals surface area contributed by atoms with E-state index in [2.05, 4.69) is 24.5 Å². The Morgan fingerprint density at radius 3 is 2.71 bits per heavy atom. The van der Waals surface area contributed by atoms with Gasteiger partial charge in [0, 0.05) is 6.54 Å². The van der Waals surface area contributed by atoms with Crippen LogP contribution in [0.4, 0.5) is 0 Å². The number of piperidine rings is 1. The Morgan fingerprint density at radius 2 is 2.21 bits per heavy atom. The molecule has 1 amide bonds. The number of nitrogens with one attached hydrogen (secondary N) is 2. The molecule has 0 saturated carbocycles. The molecule has 3 heteroatoms. The van der Waals surface area contributed by atoms with Crippen LogP contribution >= 0.6 is 0 Å². The van der Waals surface area contributed by atoms with Crippen molar-refractivity contribution in [2.45, 2.75) is 45.6 Å². The van der Waals surface area contributed by atoms with Gasteiger partial charge in [-0.05, 0) is 38.6 Å². The van der Waals surface area contributed by atoms with Crippen LogP contribution in [0.2, 0.25) is 0 Å². The Morgan fingerprint density at radius 1 is 1.50 bits per heavy atom. The fraction of sp³-hybridized carbons (Fsp3) is 0.909. The Balaban J connectivity index is 2.41. The monoisotopic (exact) mass is 198 g/mol.